The molecule has 0 spiro atoms. The minimum Gasteiger partial charge on any atom is -1.00 e. The van der Waals surface area contributed by atoms with Gasteiger partial charge in [-0.3, -0.25) is 0 Å². The third-order valence-corrected chi connectivity index (χ3v) is 3.86. The zero-order chi connectivity index (χ0) is 13.7. The van der Waals surface area contributed by atoms with Crippen LogP contribution < -0.4 is 24.8 Å². The standard InChI is InChI=1S/C15H18Cl2N2.2ClH.Zn/c1-2-3-4-12(10-19-8-7-18-11-19)14-6-5-13(16)9-15(14)17;;;/h5-9,11-12H,2-4,10H2,1H3;2*1H;/q;;;+2/p-2. The molecule has 2 aromatic rings. The van der Waals surface area contributed by atoms with Crippen molar-refractivity contribution in [2.75, 3.05) is 0 Å². The first-order valence-corrected chi connectivity index (χ1v) is 7.37. The maximum absolute atomic E-state index is 6.33. The first-order valence-electron chi connectivity index (χ1n) is 6.61. The van der Waals surface area contributed by atoms with Gasteiger partial charge in [0, 0.05) is 34.9 Å². The molecule has 0 aliphatic carbocycles. The maximum atomic E-state index is 6.33. The van der Waals surface area contributed by atoms with Crippen LogP contribution in [-0.4, -0.2) is 9.55 Å². The first-order chi connectivity index (χ1) is 9.20. The molecule has 0 bridgehead atoms. The molecular weight excluding hydrogens is 415 g/mol. The Kier molecular flexibility index (Phi) is 14.0. The van der Waals surface area contributed by atoms with Gasteiger partial charge in [-0.25, -0.2) is 4.98 Å². The van der Waals surface area contributed by atoms with Gasteiger partial charge in [0.15, 0.2) is 0 Å². The Bertz CT molecular complexity index is 520. The number of unbranched alkanes of at least 4 members (excludes halogenated alkanes) is 1. The zero-order valence-electron chi connectivity index (χ0n) is 12.5. The van der Waals surface area contributed by atoms with Crippen molar-refractivity contribution in [2.24, 2.45) is 0 Å². The summed E-state index contributed by atoms with van der Waals surface area (Å²) in [5.41, 5.74) is 1.17. The van der Waals surface area contributed by atoms with Gasteiger partial charge in [-0.2, -0.15) is 0 Å². The quantitative estimate of drug-likeness (QED) is 0.544. The number of hydrogen-bond acceptors (Lipinski definition) is 1. The second kappa shape index (κ2) is 12.6. The first kappa shape index (κ1) is 24.5. The molecule has 0 aliphatic rings. The number of imidazole rings is 1. The average Bonchev–Trinajstić information content (AvgIpc) is 2.88. The van der Waals surface area contributed by atoms with Crippen molar-refractivity contribution in [1.82, 2.24) is 9.55 Å². The molecule has 0 N–H and O–H groups in total. The van der Waals surface area contributed by atoms with Gasteiger partial charge >= 0.3 is 19.5 Å². The van der Waals surface area contributed by atoms with Crippen LogP contribution in [0, 0.1) is 0 Å². The van der Waals surface area contributed by atoms with Crippen molar-refractivity contribution in [2.45, 2.75) is 38.6 Å². The van der Waals surface area contributed by atoms with E-state index >= 15 is 0 Å². The Morgan fingerprint density at radius 1 is 1.23 bits per heavy atom. The SMILES string of the molecule is CCCCC(Cn1ccnc1)c1ccc(Cl)cc1Cl.[Cl-].[Cl-].[Zn+2]. The molecule has 7 heteroatoms. The summed E-state index contributed by atoms with van der Waals surface area (Å²) in [5.74, 6) is 0.402. The summed E-state index contributed by atoms with van der Waals surface area (Å²) in [6.45, 7) is 3.11. The van der Waals surface area contributed by atoms with Crippen LogP contribution in [0.2, 0.25) is 10.0 Å². The second-order valence-corrected chi connectivity index (χ2v) is 5.61. The van der Waals surface area contributed by atoms with Crippen molar-refractivity contribution < 1.29 is 44.3 Å². The van der Waals surface area contributed by atoms with Crippen LogP contribution in [0.25, 0.3) is 0 Å². The van der Waals surface area contributed by atoms with Crippen LogP contribution in [0.3, 0.4) is 0 Å². The minimum absolute atomic E-state index is 0. The van der Waals surface area contributed by atoms with E-state index in [0.29, 0.717) is 10.9 Å². The van der Waals surface area contributed by atoms with Gasteiger partial charge in [0.25, 0.3) is 0 Å². The molecule has 0 radical (unpaired) electrons. The molecular formula is C15H18Cl4N2Zn. The molecule has 0 amide bonds. The Morgan fingerprint density at radius 2 is 1.95 bits per heavy atom. The fourth-order valence-electron chi connectivity index (χ4n) is 2.28. The van der Waals surface area contributed by atoms with E-state index < -0.39 is 0 Å². The van der Waals surface area contributed by atoms with Crippen LogP contribution in [-0.2, 0) is 26.0 Å². The third kappa shape index (κ3) is 7.19. The van der Waals surface area contributed by atoms with E-state index in [2.05, 4.69) is 16.5 Å². The number of nitrogens with zero attached hydrogens (tertiary/aromatic N) is 2. The number of aromatic nitrogens is 2. The Hall–Kier alpha value is 0.213. The van der Waals surface area contributed by atoms with Crippen LogP contribution in [0.5, 0.6) is 0 Å². The molecule has 1 unspecified atom stereocenters. The van der Waals surface area contributed by atoms with Gasteiger partial charge in [0.05, 0.1) is 6.33 Å². The molecule has 22 heavy (non-hydrogen) atoms. The van der Waals surface area contributed by atoms with Crippen molar-refractivity contribution >= 4 is 23.2 Å². The summed E-state index contributed by atoms with van der Waals surface area (Å²) in [4.78, 5) is 4.09. The maximum Gasteiger partial charge on any atom is 2.00 e. The molecule has 118 valence electrons. The van der Waals surface area contributed by atoms with Crippen LogP contribution >= 0.6 is 23.2 Å². The van der Waals surface area contributed by atoms with Gasteiger partial charge in [-0.05, 0) is 24.1 Å². The number of benzene rings is 1. The van der Waals surface area contributed by atoms with Crippen molar-refractivity contribution in [3.63, 3.8) is 0 Å². The van der Waals surface area contributed by atoms with Crippen molar-refractivity contribution in [3.8, 4) is 0 Å². The Balaban J connectivity index is 0. The summed E-state index contributed by atoms with van der Waals surface area (Å²) in [6.07, 6.45) is 9.14. The molecule has 0 fully saturated rings. The number of halogens is 4. The largest absolute Gasteiger partial charge is 2.00 e. The van der Waals surface area contributed by atoms with Gasteiger partial charge in [0.2, 0.25) is 0 Å². The zero-order valence-corrected chi connectivity index (χ0v) is 18.5. The van der Waals surface area contributed by atoms with Gasteiger partial charge < -0.3 is 29.4 Å². The average molecular weight is 434 g/mol. The number of rotatable bonds is 6. The summed E-state index contributed by atoms with van der Waals surface area (Å²) in [6, 6.07) is 5.78. The molecule has 0 aliphatic heterocycles. The fourth-order valence-corrected chi connectivity index (χ4v) is 2.84. The summed E-state index contributed by atoms with van der Waals surface area (Å²) in [5, 5.41) is 1.44. The molecule has 2 rings (SSSR count). The van der Waals surface area contributed by atoms with Gasteiger partial charge in [-0.15, -0.1) is 0 Å². The Labute approximate surface area is 167 Å². The summed E-state index contributed by atoms with van der Waals surface area (Å²) >= 11 is 12.3. The van der Waals surface area contributed by atoms with E-state index in [1.807, 2.05) is 30.7 Å². The van der Waals surface area contributed by atoms with E-state index in [-0.39, 0.29) is 44.3 Å². The van der Waals surface area contributed by atoms with Crippen LogP contribution in [0.1, 0.15) is 37.7 Å². The van der Waals surface area contributed by atoms with E-state index in [1.165, 1.54) is 18.4 Å². The molecule has 1 atom stereocenters. The van der Waals surface area contributed by atoms with Gasteiger partial charge in [0.1, 0.15) is 0 Å². The Morgan fingerprint density at radius 3 is 2.50 bits per heavy atom. The minimum atomic E-state index is 0. The topological polar surface area (TPSA) is 17.8 Å². The smallest absolute Gasteiger partial charge is 1.00 e. The predicted molar refractivity (Wildman–Crippen MR) is 81.0 cm³/mol. The summed E-state index contributed by atoms with van der Waals surface area (Å²) in [7, 11) is 0. The van der Waals surface area contributed by atoms with E-state index in [9.17, 15) is 0 Å². The molecule has 0 saturated heterocycles. The molecule has 0 saturated carbocycles. The van der Waals surface area contributed by atoms with Crippen LogP contribution in [0.15, 0.2) is 36.9 Å². The summed E-state index contributed by atoms with van der Waals surface area (Å²) < 4.78 is 2.10. The van der Waals surface area contributed by atoms with E-state index in [1.54, 1.807) is 6.20 Å². The van der Waals surface area contributed by atoms with Gasteiger partial charge in [-0.1, -0.05) is 49.0 Å². The second-order valence-electron chi connectivity index (χ2n) is 4.76. The number of hydrogen-bond donors (Lipinski definition) is 0. The monoisotopic (exact) mass is 430 g/mol. The molecule has 1 aromatic carbocycles. The van der Waals surface area contributed by atoms with E-state index in [4.69, 9.17) is 23.2 Å². The van der Waals surface area contributed by atoms with Crippen molar-refractivity contribution in [3.05, 3.63) is 52.5 Å². The third-order valence-electron chi connectivity index (χ3n) is 3.30. The normalized spacial score (nSPS) is 10.9. The van der Waals surface area contributed by atoms with Crippen molar-refractivity contribution in [1.29, 1.82) is 0 Å². The molecule has 1 aromatic heterocycles. The molecule has 1 heterocycles. The molecule has 2 nitrogen and oxygen atoms in total. The fraction of sp³-hybridized carbons (Fsp3) is 0.400. The van der Waals surface area contributed by atoms with Crippen LogP contribution in [0.4, 0.5) is 0 Å². The predicted octanol–water partition coefficient (Wildman–Crippen LogP) is -0.831. The van der Waals surface area contributed by atoms with E-state index in [0.717, 1.165) is 18.0 Å².